The summed E-state index contributed by atoms with van der Waals surface area (Å²) in [5, 5.41) is 9.05. The Morgan fingerprint density at radius 2 is 2.00 bits per heavy atom. The third-order valence-electron chi connectivity index (χ3n) is 2.39. The molecule has 0 aromatic heterocycles. The van der Waals surface area contributed by atoms with Crippen molar-refractivity contribution >= 4 is 29.1 Å². The average molecular weight is 264 g/mol. The van der Waals surface area contributed by atoms with Crippen LogP contribution in [0.2, 0.25) is 10.0 Å². The lowest BCUT2D eigenvalue weighted by Crippen LogP contribution is -2.53. The minimum absolute atomic E-state index is 0.0652. The number of likely N-dealkylation sites (tertiary alicyclic amines) is 1. The van der Waals surface area contributed by atoms with Gasteiger partial charge in [-0.2, -0.15) is 0 Å². The summed E-state index contributed by atoms with van der Waals surface area (Å²) >= 11 is 11.3. The van der Waals surface area contributed by atoms with E-state index >= 15 is 0 Å². The molecule has 1 saturated heterocycles. The fourth-order valence-corrected chi connectivity index (χ4v) is 1.94. The Balaban J connectivity index is 2.27. The van der Waals surface area contributed by atoms with E-state index < -0.39 is 17.8 Å². The van der Waals surface area contributed by atoms with Gasteiger partial charge in [0.2, 0.25) is 0 Å². The number of aliphatic hydroxyl groups excluding tert-OH is 1. The molecule has 0 atom stereocenters. The maximum absolute atomic E-state index is 13.2. The van der Waals surface area contributed by atoms with Crippen molar-refractivity contribution in [3.63, 3.8) is 0 Å². The maximum Gasteiger partial charge on any atom is 0.255 e. The van der Waals surface area contributed by atoms with Crippen LogP contribution in [-0.2, 0) is 0 Å². The van der Waals surface area contributed by atoms with E-state index in [2.05, 4.69) is 0 Å². The van der Waals surface area contributed by atoms with E-state index in [1.165, 1.54) is 11.0 Å². The molecule has 0 spiro atoms. The maximum atomic E-state index is 13.2. The van der Waals surface area contributed by atoms with E-state index in [9.17, 15) is 9.18 Å². The topological polar surface area (TPSA) is 40.5 Å². The second-order valence-electron chi connectivity index (χ2n) is 3.61. The van der Waals surface area contributed by atoms with Gasteiger partial charge < -0.3 is 10.0 Å². The van der Waals surface area contributed by atoms with E-state index in [1.54, 1.807) is 0 Å². The number of carbonyl (C=O) groups is 1. The summed E-state index contributed by atoms with van der Waals surface area (Å²) in [4.78, 5) is 13.2. The van der Waals surface area contributed by atoms with E-state index in [4.69, 9.17) is 28.3 Å². The number of hydrogen-bond donors (Lipinski definition) is 1. The third kappa shape index (κ3) is 2.00. The summed E-state index contributed by atoms with van der Waals surface area (Å²) < 4.78 is 13.2. The molecule has 0 radical (unpaired) electrons. The molecule has 1 aromatic rings. The zero-order valence-electron chi connectivity index (χ0n) is 8.08. The molecular weight excluding hydrogens is 256 g/mol. The third-order valence-corrected chi connectivity index (χ3v) is 2.99. The summed E-state index contributed by atoms with van der Waals surface area (Å²) in [6, 6.07) is 2.21. The van der Waals surface area contributed by atoms with Crippen LogP contribution in [-0.4, -0.2) is 35.1 Å². The van der Waals surface area contributed by atoms with Gasteiger partial charge in [0.1, 0.15) is 5.82 Å². The molecule has 1 aliphatic heterocycles. The van der Waals surface area contributed by atoms with Crippen LogP contribution in [0.25, 0.3) is 0 Å². The molecule has 16 heavy (non-hydrogen) atoms. The molecule has 0 saturated carbocycles. The summed E-state index contributed by atoms with van der Waals surface area (Å²) in [5.41, 5.74) is 0.0652. The zero-order chi connectivity index (χ0) is 11.9. The average Bonchev–Trinajstić information content (AvgIpc) is 2.18. The Hall–Kier alpha value is -0.840. The number of halogens is 3. The lowest BCUT2D eigenvalue weighted by atomic mass is 10.1. The van der Waals surface area contributed by atoms with Gasteiger partial charge in [-0.15, -0.1) is 0 Å². The second kappa shape index (κ2) is 4.20. The van der Waals surface area contributed by atoms with Crippen LogP contribution >= 0.6 is 23.2 Å². The number of amides is 1. The van der Waals surface area contributed by atoms with Crippen LogP contribution in [0.15, 0.2) is 12.1 Å². The van der Waals surface area contributed by atoms with Crippen LogP contribution in [0, 0.1) is 5.82 Å². The molecule has 86 valence electrons. The molecule has 3 nitrogen and oxygen atoms in total. The molecule has 0 aliphatic carbocycles. The van der Waals surface area contributed by atoms with Crippen molar-refractivity contribution in [3.05, 3.63) is 33.6 Å². The van der Waals surface area contributed by atoms with Crippen molar-refractivity contribution in [2.24, 2.45) is 0 Å². The number of aliphatic hydroxyl groups is 1. The Morgan fingerprint density at radius 1 is 1.38 bits per heavy atom. The highest BCUT2D eigenvalue weighted by atomic mass is 35.5. The highest BCUT2D eigenvalue weighted by Crippen LogP contribution is 2.26. The smallest absolute Gasteiger partial charge is 0.255 e. The minimum Gasteiger partial charge on any atom is -0.389 e. The first-order valence-electron chi connectivity index (χ1n) is 4.61. The quantitative estimate of drug-likeness (QED) is 0.787. The first kappa shape index (κ1) is 11.6. The molecule has 1 amide bonds. The molecule has 0 bridgehead atoms. The summed E-state index contributed by atoms with van der Waals surface area (Å²) in [6.45, 7) is 0.499. The molecule has 6 heteroatoms. The first-order valence-corrected chi connectivity index (χ1v) is 5.36. The standard InChI is InChI=1S/C10H8Cl2FNO2/c11-7-2-8(12)9(13)1-6(7)10(16)14-3-5(15)4-14/h1-2,5,15H,3-4H2. The van der Waals surface area contributed by atoms with Crippen LogP contribution in [0.4, 0.5) is 4.39 Å². The number of nitrogens with zero attached hydrogens (tertiary/aromatic N) is 1. The number of hydrogen-bond acceptors (Lipinski definition) is 2. The van der Waals surface area contributed by atoms with Gasteiger partial charge in [-0.3, -0.25) is 4.79 Å². The second-order valence-corrected chi connectivity index (χ2v) is 4.42. The number of β-amino-alcohol motifs (C(OH)–C–C–N with tert-alkyl or cyclic N) is 1. The molecule has 1 heterocycles. The van der Waals surface area contributed by atoms with E-state index in [0.717, 1.165) is 6.07 Å². The first-order chi connectivity index (χ1) is 7.49. The van der Waals surface area contributed by atoms with Gasteiger partial charge in [-0.1, -0.05) is 23.2 Å². The minimum atomic E-state index is -0.685. The molecule has 0 unspecified atom stereocenters. The number of benzene rings is 1. The van der Waals surface area contributed by atoms with Gasteiger partial charge in [0, 0.05) is 13.1 Å². The van der Waals surface area contributed by atoms with Crippen molar-refractivity contribution in [1.82, 2.24) is 4.90 Å². The lowest BCUT2D eigenvalue weighted by molar-refractivity contribution is 0.00588. The van der Waals surface area contributed by atoms with Crippen molar-refractivity contribution < 1.29 is 14.3 Å². The van der Waals surface area contributed by atoms with Crippen molar-refractivity contribution in [2.75, 3.05) is 13.1 Å². The lowest BCUT2D eigenvalue weighted by Gasteiger charge is -2.36. The van der Waals surface area contributed by atoms with E-state index in [-0.39, 0.29) is 28.7 Å². The molecule has 2 rings (SSSR count). The van der Waals surface area contributed by atoms with Gasteiger partial charge in [0.25, 0.3) is 5.91 Å². The molecule has 1 fully saturated rings. The fourth-order valence-electron chi connectivity index (χ4n) is 1.48. The molecular formula is C10H8Cl2FNO2. The van der Waals surface area contributed by atoms with E-state index in [1.807, 2.05) is 0 Å². The van der Waals surface area contributed by atoms with Crippen LogP contribution in [0.5, 0.6) is 0 Å². The predicted molar refractivity (Wildman–Crippen MR) is 58.3 cm³/mol. The summed E-state index contributed by atoms with van der Waals surface area (Å²) in [6.07, 6.45) is -0.500. The Morgan fingerprint density at radius 3 is 2.56 bits per heavy atom. The monoisotopic (exact) mass is 263 g/mol. The molecule has 1 aliphatic rings. The van der Waals surface area contributed by atoms with Gasteiger partial charge in [0.15, 0.2) is 0 Å². The van der Waals surface area contributed by atoms with Crippen LogP contribution in [0.3, 0.4) is 0 Å². The highest BCUT2D eigenvalue weighted by Gasteiger charge is 2.30. The highest BCUT2D eigenvalue weighted by molar-refractivity contribution is 6.36. The summed E-state index contributed by atoms with van der Waals surface area (Å²) in [5.74, 6) is -1.08. The summed E-state index contributed by atoms with van der Waals surface area (Å²) in [7, 11) is 0. The van der Waals surface area contributed by atoms with Gasteiger partial charge in [-0.05, 0) is 12.1 Å². The Kier molecular flexibility index (Phi) is 3.06. The van der Waals surface area contributed by atoms with Crippen molar-refractivity contribution in [1.29, 1.82) is 0 Å². The Bertz CT molecular complexity index is 447. The molecule has 1 aromatic carbocycles. The van der Waals surface area contributed by atoms with Gasteiger partial charge >= 0.3 is 0 Å². The number of rotatable bonds is 1. The predicted octanol–water partition coefficient (Wildman–Crippen LogP) is 1.95. The van der Waals surface area contributed by atoms with Gasteiger partial charge in [-0.25, -0.2) is 4.39 Å². The largest absolute Gasteiger partial charge is 0.389 e. The SMILES string of the molecule is O=C(c1cc(F)c(Cl)cc1Cl)N1CC(O)C1. The normalized spacial score (nSPS) is 16.1. The number of carbonyl (C=O) groups excluding carboxylic acids is 1. The van der Waals surface area contributed by atoms with Crippen molar-refractivity contribution in [2.45, 2.75) is 6.10 Å². The van der Waals surface area contributed by atoms with Crippen molar-refractivity contribution in [3.8, 4) is 0 Å². The fraction of sp³-hybridized carbons (Fsp3) is 0.300. The van der Waals surface area contributed by atoms with Gasteiger partial charge in [0.05, 0.1) is 21.7 Å². The van der Waals surface area contributed by atoms with Crippen LogP contribution in [0.1, 0.15) is 10.4 Å². The zero-order valence-corrected chi connectivity index (χ0v) is 9.59. The van der Waals surface area contributed by atoms with Crippen LogP contribution < -0.4 is 0 Å². The Labute approximate surface area is 101 Å². The van der Waals surface area contributed by atoms with E-state index in [0.29, 0.717) is 0 Å². The molecule has 1 N–H and O–H groups in total.